The molecule has 2 aliphatic heterocycles. The van der Waals surface area contributed by atoms with Crippen molar-refractivity contribution in [1.29, 1.82) is 0 Å². The van der Waals surface area contributed by atoms with Crippen molar-refractivity contribution in [2.45, 2.75) is 115 Å². The van der Waals surface area contributed by atoms with Gasteiger partial charge in [0.1, 0.15) is 0 Å². The van der Waals surface area contributed by atoms with E-state index in [1.54, 1.807) is 0 Å². The molecule has 3 N–H and O–H groups in total. The smallest absolute Gasteiger partial charge is 0.307 e. The lowest BCUT2D eigenvalue weighted by Gasteiger charge is -2.47. The minimum Gasteiger partial charge on any atom is -0.307 e. The van der Waals surface area contributed by atoms with E-state index in [0.29, 0.717) is 25.7 Å². The van der Waals surface area contributed by atoms with Crippen LogP contribution in [0.1, 0.15) is 81.1 Å². The topological polar surface area (TPSA) is 79.8 Å². The summed E-state index contributed by atoms with van der Waals surface area (Å²) in [4.78, 5) is 10.4. The molecular weight excluding hydrogens is 339 g/mol. The minimum atomic E-state index is -4.11. The predicted octanol–water partition coefficient (Wildman–Crippen LogP) is 3.74. The van der Waals surface area contributed by atoms with Crippen LogP contribution in [0.25, 0.3) is 0 Å². The second kappa shape index (κ2) is 6.57. The molecule has 0 aliphatic carbocycles. The van der Waals surface area contributed by atoms with E-state index < -0.39 is 7.82 Å². The van der Waals surface area contributed by atoms with Gasteiger partial charge in [-0.15, -0.1) is 0 Å². The summed E-state index contributed by atoms with van der Waals surface area (Å²) in [6, 6.07) is 0. The zero-order valence-corrected chi connectivity index (χ0v) is 18.0. The van der Waals surface area contributed by atoms with Gasteiger partial charge >= 0.3 is 7.82 Å². The monoisotopic (exact) mass is 376 g/mol. The zero-order chi connectivity index (χ0) is 19.3. The molecule has 0 saturated carbocycles. The fourth-order valence-corrected chi connectivity index (χ4v) is 6.11. The molecule has 2 heterocycles. The van der Waals surface area contributed by atoms with E-state index in [2.05, 4.69) is 66.0 Å². The first-order valence-corrected chi connectivity index (χ1v) is 10.8. The minimum absolute atomic E-state index is 0.148. The summed E-state index contributed by atoms with van der Waals surface area (Å²) in [6.07, 6.45) is 2.09. The van der Waals surface area contributed by atoms with E-state index in [-0.39, 0.29) is 34.4 Å². The molecule has 2 saturated heterocycles. The van der Waals surface area contributed by atoms with Crippen molar-refractivity contribution >= 4 is 7.82 Å². The Hall–Kier alpha value is 0.0300. The Balaban J connectivity index is 2.03. The van der Waals surface area contributed by atoms with Crippen LogP contribution in [0, 0.1) is 0 Å². The van der Waals surface area contributed by atoms with Gasteiger partial charge in [0, 0.05) is 22.2 Å². The van der Waals surface area contributed by atoms with Crippen LogP contribution < -0.4 is 10.6 Å². The fourth-order valence-electron chi connectivity index (χ4n) is 5.01. The highest BCUT2D eigenvalue weighted by molar-refractivity contribution is 7.47. The quantitative estimate of drug-likeness (QED) is 0.649. The second-order valence-electron chi connectivity index (χ2n) is 10.5. The predicted molar refractivity (Wildman–Crippen MR) is 101 cm³/mol. The van der Waals surface area contributed by atoms with Gasteiger partial charge in [-0.3, -0.25) is 9.05 Å². The molecule has 0 atom stereocenters. The van der Waals surface area contributed by atoms with Gasteiger partial charge in [0.2, 0.25) is 0 Å². The van der Waals surface area contributed by atoms with Gasteiger partial charge in [0.15, 0.2) is 0 Å². The van der Waals surface area contributed by atoms with Gasteiger partial charge in [0.25, 0.3) is 0 Å². The zero-order valence-electron chi connectivity index (χ0n) is 17.1. The number of hydrogen-bond donors (Lipinski definition) is 3. The van der Waals surface area contributed by atoms with Crippen LogP contribution in [0.15, 0.2) is 0 Å². The molecule has 0 aromatic rings. The SMILES string of the molecule is CC1(C)CC(OP(=O)(O)OC2CC(C)(C)NC(C)(C)C2)CC(C)(C)N1. The summed E-state index contributed by atoms with van der Waals surface area (Å²) in [5.74, 6) is 0. The van der Waals surface area contributed by atoms with Crippen molar-refractivity contribution in [3.63, 3.8) is 0 Å². The summed E-state index contributed by atoms with van der Waals surface area (Å²) >= 11 is 0. The van der Waals surface area contributed by atoms with E-state index in [1.807, 2.05) is 0 Å². The Morgan fingerprint density at radius 2 is 0.960 bits per heavy atom. The highest BCUT2D eigenvalue weighted by atomic mass is 31.2. The first-order valence-electron chi connectivity index (χ1n) is 9.27. The highest BCUT2D eigenvalue weighted by Gasteiger charge is 2.44. The Morgan fingerprint density at radius 3 is 1.20 bits per heavy atom. The van der Waals surface area contributed by atoms with Crippen LogP contribution >= 0.6 is 7.82 Å². The van der Waals surface area contributed by atoms with Crippen molar-refractivity contribution in [3.05, 3.63) is 0 Å². The van der Waals surface area contributed by atoms with Gasteiger partial charge in [0.05, 0.1) is 12.2 Å². The maximum Gasteiger partial charge on any atom is 0.472 e. The molecule has 0 amide bonds. The number of hydrogen-bond acceptors (Lipinski definition) is 5. The molecule has 148 valence electrons. The molecule has 0 spiro atoms. The molecule has 0 aromatic heterocycles. The largest absolute Gasteiger partial charge is 0.472 e. The summed E-state index contributed by atoms with van der Waals surface area (Å²) in [6.45, 7) is 16.7. The van der Waals surface area contributed by atoms with Gasteiger partial charge in [-0.25, -0.2) is 4.57 Å². The van der Waals surface area contributed by atoms with E-state index >= 15 is 0 Å². The summed E-state index contributed by atoms with van der Waals surface area (Å²) in [5, 5.41) is 7.10. The second-order valence-corrected chi connectivity index (χ2v) is 11.9. The summed E-state index contributed by atoms with van der Waals surface area (Å²) in [5.41, 5.74) is -0.591. The maximum atomic E-state index is 12.7. The Kier molecular flexibility index (Phi) is 5.61. The number of rotatable bonds is 4. The van der Waals surface area contributed by atoms with Gasteiger partial charge in [-0.05, 0) is 81.1 Å². The lowest BCUT2D eigenvalue weighted by Crippen LogP contribution is -2.60. The Labute approximate surface area is 153 Å². The molecule has 0 bridgehead atoms. The van der Waals surface area contributed by atoms with Crippen molar-refractivity contribution in [2.24, 2.45) is 0 Å². The lowest BCUT2D eigenvalue weighted by molar-refractivity contribution is -0.00584. The first-order chi connectivity index (χ1) is 11.0. The molecule has 0 radical (unpaired) electrons. The van der Waals surface area contributed by atoms with Crippen LogP contribution in [-0.4, -0.2) is 39.3 Å². The van der Waals surface area contributed by atoms with E-state index in [1.165, 1.54) is 0 Å². The molecular formula is C18H37N2O4P. The fraction of sp³-hybridized carbons (Fsp3) is 1.00. The van der Waals surface area contributed by atoms with Gasteiger partial charge < -0.3 is 15.5 Å². The summed E-state index contributed by atoms with van der Waals surface area (Å²) < 4.78 is 23.9. The van der Waals surface area contributed by atoms with Crippen LogP contribution in [0.5, 0.6) is 0 Å². The number of phosphoric ester groups is 1. The average Bonchev–Trinajstić information content (AvgIpc) is 2.15. The van der Waals surface area contributed by atoms with E-state index in [0.717, 1.165) is 0 Å². The van der Waals surface area contributed by atoms with Crippen molar-refractivity contribution in [3.8, 4) is 0 Å². The number of phosphoric acid groups is 1. The highest BCUT2D eigenvalue weighted by Crippen LogP contribution is 2.51. The van der Waals surface area contributed by atoms with E-state index in [4.69, 9.17) is 9.05 Å². The molecule has 6 nitrogen and oxygen atoms in total. The third kappa shape index (κ3) is 6.60. The normalized spacial score (nSPS) is 29.5. The number of nitrogens with one attached hydrogen (secondary N) is 2. The number of piperidine rings is 2. The van der Waals surface area contributed by atoms with Crippen molar-refractivity contribution < 1.29 is 18.5 Å². The van der Waals surface area contributed by atoms with Gasteiger partial charge in [-0.1, -0.05) is 0 Å². The van der Waals surface area contributed by atoms with Crippen LogP contribution in [-0.2, 0) is 13.6 Å². The third-order valence-corrected chi connectivity index (χ3v) is 6.00. The average molecular weight is 376 g/mol. The molecule has 0 unspecified atom stereocenters. The van der Waals surface area contributed by atoms with E-state index in [9.17, 15) is 9.46 Å². The van der Waals surface area contributed by atoms with Crippen molar-refractivity contribution in [1.82, 2.24) is 10.6 Å². The molecule has 7 heteroatoms. The molecule has 2 fully saturated rings. The molecule has 2 rings (SSSR count). The molecule has 25 heavy (non-hydrogen) atoms. The standard InChI is InChI=1S/C18H37N2O4P/c1-15(2)9-13(10-16(3,4)19-15)23-25(21,22)24-14-11-17(5,6)20-18(7,8)12-14/h13-14,19-20H,9-12H2,1-8H3,(H,21,22). The first kappa shape index (κ1) is 21.3. The van der Waals surface area contributed by atoms with Crippen molar-refractivity contribution in [2.75, 3.05) is 0 Å². The van der Waals surface area contributed by atoms with Crippen LogP contribution in [0.2, 0.25) is 0 Å². The molecule has 0 aromatic carbocycles. The lowest BCUT2D eigenvalue weighted by atomic mass is 9.81. The van der Waals surface area contributed by atoms with Gasteiger partial charge in [-0.2, -0.15) is 0 Å². The van der Waals surface area contributed by atoms with Crippen LogP contribution in [0.4, 0.5) is 0 Å². The third-order valence-electron chi connectivity index (χ3n) is 4.87. The maximum absolute atomic E-state index is 12.7. The van der Waals surface area contributed by atoms with Crippen LogP contribution in [0.3, 0.4) is 0 Å². The molecule has 2 aliphatic rings. The Bertz CT molecular complexity index is 469. The Morgan fingerprint density at radius 1 is 0.720 bits per heavy atom. The summed E-state index contributed by atoms with van der Waals surface area (Å²) in [7, 11) is -4.11.